The highest BCUT2D eigenvalue weighted by Crippen LogP contribution is 1.97. The van der Waals surface area contributed by atoms with Gasteiger partial charge in [0.15, 0.2) is 5.25 Å². The van der Waals surface area contributed by atoms with E-state index in [1.165, 1.54) is 0 Å². The zero-order valence-electron chi connectivity index (χ0n) is 10.3. The summed E-state index contributed by atoms with van der Waals surface area (Å²) in [7, 11) is 0.00375. The summed E-state index contributed by atoms with van der Waals surface area (Å²) in [6, 6.07) is 0. The van der Waals surface area contributed by atoms with Crippen LogP contribution in [-0.4, -0.2) is 70.0 Å². The van der Waals surface area contributed by atoms with Crippen LogP contribution in [0.25, 0.3) is 0 Å². The summed E-state index contributed by atoms with van der Waals surface area (Å²) >= 11 is 0. The van der Waals surface area contributed by atoms with Gasteiger partial charge in [0.1, 0.15) is 0 Å². The molecule has 0 aliphatic carbocycles. The lowest BCUT2D eigenvalue weighted by Crippen LogP contribution is -2.39. The number of nitrogens with one attached hydrogen (secondary N) is 1. The monoisotopic (exact) mass is 268 g/mol. The maximum Gasteiger partial charge on any atom is 0.323 e. The van der Waals surface area contributed by atoms with E-state index in [0.29, 0.717) is 6.61 Å². The van der Waals surface area contributed by atoms with E-state index in [9.17, 15) is 13.2 Å². The van der Waals surface area contributed by atoms with Gasteiger partial charge >= 0.3 is 5.97 Å². The first-order chi connectivity index (χ1) is 7.77. The molecule has 0 aromatic heterocycles. The number of rotatable bonds is 9. The molecule has 0 aliphatic rings. The molecule has 0 radical (unpaired) electrons. The average Bonchev–Trinajstić information content (AvgIpc) is 2.21. The number of carbonyl (C=O) groups is 1. The molecule has 7 nitrogen and oxygen atoms in total. The first-order valence-corrected chi connectivity index (χ1v) is 6.75. The van der Waals surface area contributed by atoms with Crippen LogP contribution in [0.3, 0.4) is 0 Å². The summed E-state index contributed by atoms with van der Waals surface area (Å²) in [5.41, 5.74) is 0. The van der Waals surface area contributed by atoms with E-state index in [2.05, 4.69) is 4.72 Å². The fourth-order valence-electron chi connectivity index (χ4n) is 0.863. The van der Waals surface area contributed by atoms with Crippen molar-refractivity contribution in [3.05, 3.63) is 0 Å². The van der Waals surface area contributed by atoms with E-state index >= 15 is 0 Å². The van der Waals surface area contributed by atoms with E-state index in [1.54, 1.807) is 0 Å². The van der Waals surface area contributed by atoms with Crippen LogP contribution in [-0.2, 0) is 19.6 Å². The van der Waals surface area contributed by atoms with Gasteiger partial charge in [-0.2, -0.15) is 0 Å². The maximum atomic E-state index is 11.4. The number of hydrogen-bond donors (Lipinski definition) is 2. The van der Waals surface area contributed by atoms with Gasteiger partial charge in [-0.15, -0.1) is 0 Å². The Balaban J connectivity index is 3.78. The second-order valence-electron chi connectivity index (χ2n) is 3.84. The average molecular weight is 268 g/mol. The van der Waals surface area contributed by atoms with Crippen molar-refractivity contribution in [2.75, 3.05) is 40.4 Å². The van der Waals surface area contributed by atoms with E-state index in [-0.39, 0.29) is 13.2 Å². The molecule has 0 spiro atoms. The minimum absolute atomic E-state index is 0.0768. The molecule has 0 amide bonds. The van der Waals surface area contributed by atoms with Crippen LogP contribution in [0.2, 0.25) is 0 Å². The zero-order chi connectivity index (χ0) is 13.5. The summed E-state index contributed by atoms with van der Waals surface area (Å²) in [5.74, 6) is -1.37. The highest BCUT2D eigenvalue weighted by atomic mass is 32.2. The number of likely N-dealkylation sites (N-methyl/N-ethyl adjacent to an activating group) is 1. The first kappa shape index (κ1) is 16.3. The van der Waals surface area contributed by atoms with Crippen molar-refractivity contribution in [3.8, 4) is 0 Å². The van der Waals surface area contributed by atoms with Gasteiger partial charge in [0.05, 0.1) is 13.2 Å². The number of carboxylic acid groups (broad SMARTS) is 1. The maximum absolute atomic E-state index is 11.4. The van der Waals surface area contributed by atoms with E-state index in [1.807, 2.05) is 19.0 Å². The highest BCUT2D eigenvalue weighted by Gasteiger charge is 2.26. The molecule has 0 bridgehead atoms. The molecule has 2 N–H and O–H groups in total. The van der Waals surface area contributed by atoms with Crippen LogP contribution in [0.1, 0.15) is 6.92 Å². The van der Waals surface area contributed by atoms with Crippen LogP contribution < -0.4 is 4.72 Å². The molecule has 0 aromatic carbocycles. The second-order valence-corrected chi connectivity index (χ2v) is 5.92. The largest absolute Gasteiger partial charge is 0.480 e. The van der Waals surface area contributed by atoms with Gasteiger partial charge in [0, 0.05) is 13.1 Å². The molecular formula is C9H20N2O5S. The summed E-state index contributed by atoms with van der Waals surface area (Å²) in [6.07, 6.45) is 0. The van der Waals surface area contributed by atoms with Crippen molar-refractivity contribution in [2.45, 2.75) is 12.2 Å². The molecule has 1 atom stereocenters. The molecular weight excluding hydrogens is 248 g/mol. The molecule has 1 unspecified atom stereocenters. The Hall–Kier alpha value is -0.700. The Bertz CT molecular complexity index is 328. The third kappa shape index (κ3) is 7.27. The number of carboxylic acids is 1. The van der Waals surface area contributed by atoms with Crippen LogP contribution in [0.15, 0.2) is 0 Å². The van der Waals surface area contributed by atoms with Gasteiger partial charge in [-0.1, -0.05) is 0 Å². The van der Waals surface area contributed by atoms with Crippen molar-refractivity contribution in [3.63, 3.8) is 0 Å². The van der Waals surface area contributed by atoms with Crippen LogP contribution >= 0.6 is 0 Å². The fourth-order valence-corrected chi connectivity index (χ4v) is 1.75. The first-order valence-electron chi connectivity index (χ1n) is 5.21. The van der Waals surface area contributed by atoms with E-state index in [0.717, 1.165) is 13.5 Å². The Morgan fingerprint density at radius 1 is 1.41 bits per heavy atom. The summed E-state index contributed by atoms with van der Waals surface area (Å²) in [5, 5.41) is 7.11. The predicted octanol–water partition coefficient (Wildman–Crippen LogP) is -1.04. The molecule has 0 heterocycles. The quantitative estimate of drug-likeness (QED) is 0.518. The molecule has 0 aliphatic heterocycles. The van der Waals surface area contributed by atoms with Crippen molar-refractivity contribution in [2.24, 2.45) is 0 Å². The summed E-state index contributed by atoms with van der Waals surface area (Å²) in [4.78, 5) is 12.4. The van der Waals surface area contributed by atoms with E-state index in [4.69, 9.17) is 9.84 Å². The van der Waals surface area contributed by atoms with Crippen molar-refractivity contribution in [1.29, 1.82) is 0 Å². The fraction of sp³-hybridized carbons (Fsp3) is 0.889. The number of ether oxygens (including phenoxy) is 1. The Labute approximate surface area is 102 Å². The van der Waals surface area contributed by atoms with Gasteiger partial charge in [0.25, 0.3) is 0 Å². The van der Waals surface area contributed by atoms with Gasteiger partial charge < -0.3 is 14.7 Å². The molecule has 102 valence electrons. The Morgan fingerprint density at radius 3 is 2.47 bits per heavy atom. The molecule has 0 aromatic rings. The van der Waals surface area contributed by atoms with Crippen LogP contribution in [0.5, 0.6) is 0 Å². The molecule has 0 saturated heterocycles. The molecule has 0 fully saturated rings. The zero-order valence-corrected chi connectivity index (χ0v) is 11.2. The van der Waals surface area contributed by atoms with Gasteiger partial charge in [-0.25, -0.2) is 13.1 Å². The lowest BCUT2D eigenvalue weighted by Gasteiger charge is -2.11. The smallest absolute Gasteiger partial charge is 0.323 e. The number of aliphatic carboxylic acids is 1. The van der Waals surface area contributed by atoms with Crippen molar-refractivity contribution in [1.82, 2.24) is 9.62 Å². The number of sulfonamides is 1. The highest BCUT2D eigenvalue weighted by molar-refractivity contribution is 7.90. The molecule has 17 heavy (non-hydrogen) atoms. The van der Waals surface area contributed by atoms with Gasteiger partial charge in [0.2, 0.25) is 10.0 Å². The van der Waals surface area contributed by atoms with E-state index < -0.39 is 21.2 Å². The predicted molar refractivity (Wildman–Crippen MR) is 63.4 cm³/mol. The second kappa shape index (κ2) is 7.59. The third-order valence-electron chi connectivity index (χ3n) is 2.05. The van der Waals surface area contributed by atoms with Crippen molar-refractivity contribution >= 4 is 16.0 Å². The van der Waals surface area contributed by atoms with Crippen molar-refractivity contribution < 1.29 is 23.1 Å². The molecule has 0 rings (SSSR count). The van der Waals surface area contributed by atoms with Crippen LogP contribution in [0.4, 0.5) is 0 Å². The Morgan fingerprint density at radius 2 is 2.00 bits per heavy atom. The lowest BCUT2D eigenvalue weighted by molar-refractivity contribution is -0.136. The SMILES string of the molecule is CC(C(=O)O)S(=O)(=O)NCCOCCN(C)C. The van der Waals surface area contributed by atoms with Gasteiger partial charge in [-0.05, 0) is 21.0 Å². The molecule has 0 saturated carbocycles. The minimum Gasteiger partial charge on any atom is -0.480 e. The standard InChI is InChI=1S/C9H20N2O5S/c1-8(9(12)13)17(14,15)10-4-6-16-7-5-11(2)3/h8,10H,4-7H2,1-3H3,(H,12,13). The number of hydrogen-bond acceptors (Lipinski definition) is 5. The normalized spacial score (nSPS) is 13.9. The van der Waals surface area contributed by atoms with Gasteiger partial charge in [-0.3, -0.25) is 4.79 Å². The summed E-state index contributed by atoms with van der Waals surface area (Å²) in [6.45, 7) is 2.67. The lowest BCUT2D eigenvalue weighted by atomic mass is 10.5. The third-order valence-corrected chi connectivity index (χ3v) is 3.78. The summed E-state index contributed by atoms with van der Waals surface area (Å²) < 4.78 is 30.1. The minimum atomic E-state index is -3.80. The Kier molecular flexibility index (Phi) is 7.28. The number of nitrogens with zero attached hydrogens (tertiary/aromatic N) is 1. The molecule has 8 heteroatoms. The van der Waals surface area contributed by atoms with Crippen LogP contribution in [0, 0.1) is 0 Å². The topological polar surface area (TPSA) is 95.9 Å².